The maximum atomic E-state index is 12.6. The van der Waals surface area contributed by atoms with Gasteiger partial charge in [-0.1, -0.05) is 13.8 Å². The summed E-state index contributed by atoms with van der Waals surface area (Å²) < 4.78 is 33.3. The maximum absolute atomic E-state index is 12.6. The SMILES string of the molecule is CCOc1cc(C)c(C)cc1S(=O)(=O)NCCCN(CC)CC. The molecule has 23 heavy (non-hydrogen) atoms. The van der Waals surface area contributed by atoms with E-state index in [1.807, 2.05) is 20.8 Å². The average molecular weight is 343 g/mol. The molecule has 0 unspecified atom stereocenters. The summed E-state index contributed by atoms with van der Waals surface area (Å²) in [5.74, 6) is 0.423. The lowest BCUT2D eigenvalue weighted by Crippen LogP contribution is -2.30. The summed E-state index contributed by atoms with van der Waals surface area (Å²) in [7, 11) is -3.56. The molecule has 0 aliphatic rings. The van der Waals surface area contributed by atoms with Gasteiger partial charge in [-0.25, -0.2) is 13.1 Å². The van der Waals surface area contributed by atoms with Crippen molar-refractivity contribution in [3.05, 3.63) is 23.3 Å². The Hall–Kier alpha value is -1.11. The quantitative estimate of drug-likeness (QED) is 0.664. The first kappa shape index (κ1) is 19.9. The average Bonchev–Trinajstić information content (AvgIpc) is 2.51. The van der Waals surface area contributed by atoms with Gasteiger partial charge in [-0.05, 0) is 70.1 Å². The van der Waals surface area contributed by atoms with Gasteiger partial charge in [0.15, 0.2) is 0 Å². The first-order valence-corrected chi connectivity index (χ1v) is 9.80. The van der Waals surface area contributed by atoms with E-state index in [0.717, 1.165) is 37.2 Å². The number of nitrogens with one attached hydrogen (secondary N) is 1. The number of ether oxygens (including phenoxy) is 1. The van der Waals surface area contributed by atoms with Gasteiger partial charge in [0.25, 0.3) is 0 Å². The van der Waals surface area contributed by atoms with Gasteiger partial charge in [0.05, 0.1) is 6.61 Å². The molecule has 0 aliphatic heterocycles. The van der Waals surface area contributed by atoms with Crippen molar-refractivity contribution >= 4 is 10.0 Å². The van der Waals surface area contributed by atoms with Crippen LogP contribution in [-0.2, 0) is 10.0 Å². The first-order valence-electron chi connectivity index (χ1n) is 8.31. The number of sulfonamides is 1. The highest BCUT2D eigenvalue weighted by atomic mass is 32.2. The van der Waals surface area contributed by atoms with E-state index in [0.29, 0.717) is 18.9 Å². The Kier molecular flexibility index (Phi) is 8.02. The van der Waals surface area contributed by atoms with Crippen LogP contribution in [0.5, 0.6) is 5.75 Å². The smallest absolute Gasteiger partial charge is 0.244 e. The van der Waals surface area contributed by atoms with E-state index in [1.165, 1.54) is 0 Å². The fourth-order valence-corrected chi connectivity index (χ4v) is 3.65. The molecule has 0 bridgehead atoms. The number of hydrogen-bond donors (Lipinski definition) is 1. The second-order valence-electron chi connectivity index (χ2n) is 5.59. The number of hydrogen-bond acceptors (Lipinski definition) is 4. The Bertz CT molecular complexity index is 596. The second kappa shape index (κ2) is 9.25. The largest absolute Gasteiger partial charge is 0.492 e. The Morgan fingerprint density at radius 2 is 1.70 bits per heavy atom. The fraction of sp³-hybridized carbons (Fsp3) is 0.647. The zero-order chi connectivity index (χ0) is 17.5. The Labute approximate surface area is 141 Å². The third-order valence-electron chi connectivity index (χ3n) is 3.99. The lowest BCUT2D eigenvalue weighted by Gasteiger charge is -2.18. The zero-order valence-corrected chi connectivity index (χ0v) is 15.8. The van der Waals surface area contributed by atoms with Crippen molar-refractivity contribution in [3.8, 4) is 5.75 Å². The molecule has 1 aromatic carbocycles. The van der Waals surface area contributed by atoms with Crippen LogP contribution in [0.15, 0.2) is 17.0 Å². The Morgan fingerprint density at radius 3 is 2.26 bits per heavy atom. The van der Waals surface area contributed by atoms with Gasteiger partial charge >= 0.3 is 0 Å². The highest BCUT2D eigenvalue weighted by Gasteiger charge is 2.20. The van der Waals surface area contributed by atoms with Gasteiger partial charge in [0.1, 0.15) is 10.6 Å². The molecule has 0 atom stereocenters. The van der Waals surface area contributed by atoms with E-state index in [-0.39, 0.29) is 4.90 Å². The van der Waals surface area contributed by atoms with E-state index in [4.69, 9.17) is 4.74 Å². The van der Waals surface area contributed by atoms with Crippen molar-refractivity contribution in [2.45, 2.75) is 45.9 Å². The van der Waals surface area contributed by atoms with Crippen molar-refractivity contribution in [1.29, 1.82) is 0 Å². The molecule has 0 fully saturated rings. The summed E-state index contributed by atoms with van der Waals surface area (Å²) in [4.78, 5) is 2.50. The molecule has 6 heteroatoms. The summed E-state index contributed by atoms with van der Waals surface area (Å²) in [6, 6.07) is 3.48. The topological polar surface area (TPSA) is 58.6 Å². The number of rotatable bonds is 10. The molecule has 0 amide bonds. The lowest BCUT2D eigenvalue weighted by molar-refractivity contribution is 0.300. The monoisotopic (exact) mass is 342 g/mol. The van der Waals surface area contributed by atoms with Crippen LogP contribution in [0.4, 0.5) is 0 Å². The predicted octanol–water partition coefficient (Wildman–Crippen LogP) is 2.71. The summed E-state index contributed by atoms with van der Waals surface area (Å²) in [5.41, 5.74) is 1.96. The second-order valence-corrected chi connectivity index (χ2v) is 7.33. The number of benzene rings is 1. The molecular weight excluding hydrogens is 312 g/mol. The van der Waals surface area contributed by atoms with Gasteiger partial charge in [-0.3, -0.25) is 0 Å². The van der Waals surface area contributed by atoms with Crippen molar-refractivity contribution in [2.24, 2.45) is 0 Å². The van der Waals surface area contributed by atoms with Crippen molar-refractivity contribution in [1.82, 2.24) is 9.62 Å². The minimum Gasteiger partial charge on any atom is -0.492 e. The Morgan fingerprint density at radius 1 is 1.09 bits per heavy atom. The van der Waals surface area contributed by atoms with Gasteiger partial charge in [0, 0.05) is 6.54 Å². The highest BCUT2D eigenvalue weighted by Crippen LogP contribution is 2.27. The van der Waals surface area contributed by atoms with Crippen LogP contribution in [0.1, 0.15) is 38.3 Å². The molecule has 1 aromatic rings. The molecule has 0 radical (unpaired) electrons. The molecular formula is C17H30N2O3S. The highest BCUT2D eigenvalue weighted by molar-refractivity contribution is 7.89. The van der Waals surface area contributed by atoms with Crippen LogP contribution in [0.3, 0.4) is 0 Å². The number of aryl methyl sites for hydroxylation is 2. The van der Waals surface area contributed by atoms with Crippen molar-refractivity contribution < 1.29 is 13.2 Å². The van der Waals surface area contributed by atoms with Gasteiger partial charge in [-0.15, -0.1) is 0 Å². The zero-order valence-electron chi connectivity index (χ0n) is 15.0. The number of nitrogens with zero attached hydrogens (tertiary/aromatic N) is 1. The maximum Gasteiger partial charge on any atom is 0.244 e. The fourth-order valence-electron chi connectivity index (χ4n) is 2.37. The molecule has 1 rings (SSSR count). The Balaban J connectivity index is 2.81. The summed E-state index contributed by atoms with van der Waals surface area (Å²) >= 11 is 0. The molecule has 5 nitrogen and oxygen atoms in total. The molecule has 0 aromatic heterocycles. The van der Waals surface area contributed by atoms with Gasteiger partial charge < -0.3 is 9.64 Å². The molecule has 132 valence electrons. The predicted molar refractivity (Wildman–Crippen MR) is 94.7 cm³/mol. The molecule has 0 saturated heterocycles. The minimum absolute atomic E-state index is 0.227. The third-order valence-corrected chi connectivity index (χ3v) is 5.47. The molecule has 1 N–H and O–H groups in total. The summed E-state index contributed by atoms with van der Waals surface area (Å²) in [5, 5.41) is 0. The molecule has 0 aliphatic carbocycles. The van der Waals surface area contributed by atoms with Crippen LogP contribution >= 0.6 is 0 Å². The summed E-state index contributed by atoms with van der Waals surface area (Å²) in [6.07, 6.45) is 0.787. The van der Waals surface area contributed by atoms with Crippen LogP contribution in [-0.4, -0.2) is 46.1 Å². The normalized spacial score (nSPS) is 11.9. The van der Waals surface area contributed by atoms with Crippen LogP contribution in [0.25, 0.3) is 0 Å². The van der Waals surface area contributed by atoms with Gasteiger partial charge in [0.2, 0.25) is 10.0 Å². The van der Waals surface area contributed by atoms with E-state index < -0.39 is 10.0 Å². The van der Waals surface area contributed by atoms with Crippen molar-refractivity contribution in [3.63, 3.8) is 0 Å². The van der Waals surface area contributed by atoms with E-state index >= 15 is 0 Å². The van der Waals surface area contributed by atoms with E-state index in [9.17, 15) is 8.42 Å². The lowest BCUT2D eigenvalue weighted by atomic mass is 10.1. The van der Waals surface area contributed by atoms with E-state index in [1.54, 1.807) is 12.1 Å². The summed E-state index contributed by atoms with van der Waals surface area (Å²) in [6.45, 7) is 13.6. The first-order chi connectivity index (χ1) is 10.9. The third kappa shape index (κ3) is 5.79. The van der Waals surface area contributed by atoms with Crippen LogP contribution < -0.4 is 9.46 Å². The van der Waals surface area contributed by atoms with Crippen molar-refractivity contribution in [2.75, 3.05) is 32.8 Å². The standard InChI is InChI=1S/C17H30N2O3S/c1-6-19(7-2)11-9-10-18-23(20,21)17-13-15(5)14(4)12-16(17)22-8-3/h12-13,18H,6-11H2,1-5H3. The van der Waals surface area contributed by atoms with Gasteiger partial charge in [-0.2, -0.15) is 0 Å². The molecule has 0 spiro atoms. The van der Waals surface area contributed by atoms with Crippen LogP contribution in [0, 0.1) is 13.8 Å². The molecule has 0 saturated carbocycles. The van der Waals surface area contributed by atoms with Crippen LogP contribution in [0.2, 0.25) is 0 Å². The van der Waals surface area contributed by atoms with E-state index in [2.05, 4.69) is 23.5 Å². The minimum atomic E-state index is -3.56. The molecule has 0 heterocycles.